The predicted octanol–water partition coefficient (Wildman–Crippen LogP) is 3.66. The van der Waals surface area contributed by atoms with Gasteiger partial charge in [-0.05, 0) is 43.8 Å². The van der Waals surface area contributed by atoms with Gasteiger partial charge < -0.3 is 19.8 Å². The van der Waals surface area contributed by atoms with E-state index in [4.69, 9.17) is 21.7 Å². The van der Waals surface area contributed by atoms with E-state index in [-0.39, 0.29) is 6.10 Å². The van der Waals surface area contributed by atoms with E-state index < -0.39 is 11.9 Å². The molecular weight excluding hydrogens is 475 g/mol. The van der Waals surface area contributed by atoms with Crippen molar-refractivity contribution in [1.29, 1.82) is 0 Å². The quantitative estimate of drug-likeness (QED) is 0.379. The fraction of sp³-hybridized carbons (Fsp3) is 0.450. The molecule has 0 spiro atoms. The first-order valence-corrected chi connectivity index (χ1v) is 10.9. The largest absolute Gasteiger partial charge is 0.490 e. The van der Waals surface area contributed by atoms with E-state index in [2.05, 4.69) is 38.3 Å². The molecule has 2 aliphatic rings. The highest BCUT2D eigenvalue weighted by atomic mass is 79.9. The molecule has 0 unspecified atom stereocenters. The topological polar surface area (TPSA) is 66.4 Å². The van der Waals surface area contributed by atoms with Gasteiger partial charge in [0.2, 0.25) is 0 Å². The van der Waals surface area contributed by atoms with Gasteiger partial charge in [-0.2, -0.15) is 5.10 Å². The average molecular weight is 499 g/mol. The Kier molecular flexibility index (Phi) is 9.83. The first kappa shape index (κ1) is 23.9. The Hall–Kier alpha value is -2.38. The summed E-state index contributed by atoms with van der Waals surface area (Å²) in [4.78, 5) is 15.2. The van der Waals surface area contributed by atoms with Gasteiger partial charge in [0.25, 0.3) is 0 Å². The Bertz CT molecular complexity index is 843. The minimum absolute atomic E-state index is 0.288. The van der Waals surface area contributed by atoms with Crippen molar-refractivity contribution in [2.45, 2.75) is 25.9 Å². The highest BCUT2D eigenvalue weighted by molar-refractivity contribution is 9.09. The van der Waals surface area contributed by atoms with Crippen molar-refractivity contribution in [2.24, 2.45) is 5.10 Å². The normalized spacial score (nSPS) is 17.2. The van der Waals surface area contributed by atoms with Crippen LogP contribution in [0.4, 0.5) is 20.6 Å². The number of alkyl halides is 1. The van der Waals surface area contributed by atoms with Crippen LogP contribution in [0, 0.1) is 17.7 Å². The molecule has 7 nitrogen and oxygen atoms in total. The molecule has 0 saturated carbocycles. The second kappa shape index (κ2) is 12.3. The number of anilines is 2. The molecule has 162 valence electrons. The minimum Gasteiger partial charge on any atom is -0.490 e. The predicted molar refractivity (Wildman–Crippen MR) is 124 cm³/mol. The number of thiocarbonyl (C=S) groups is 1. The van der Waals surface area contributed by atoms with Crippen LogP contribution in [0.15, 0.2) is 23.3 Å². The summed E-state index contributed by atoms with van der Waals surface area (Å²) >= 11 is 8.13. The van der Waals surface area contributed by atoms with Crippen molar-refractivity contribution in [3.05, 3.63) is 24.0 Å². The van der Waals surface area contributed by atoms with Gasteiger partial charge in [0.15, 0.2) is 5.05 Å². The van der Waals surface area contributed by atoms with Gasteiger partial charge in [0.1, 0.15) is 18.3 Å². The van der Waals surface area contributed by atoms with Gasteiger partial charge >= 0.3 is 6.09 Å². The zero-order valence-corrected chi connectivity index (χ0v) is 19.3. The molecule has 0 bridgehead atoms. The SMILES string of the molecule is CC#CCBr.COC(=S)CC[C@H]1CN(c2ccc(N3C=NNCC3)c(F)c2)C(=O)O1. The number of cyclic esters (lactones) is 1. The van der Waals surface area contributed by atoms with E-state index in [1.54, 1.807) is 23.4 Å². The van der Waals surface area contributed by atoms with Crippen LogP contribution in [-0.2, 0) is 9.47 Å². The molecule has 1 aromatic rings. The zero-order valence-electron chi connectivity index (χ0n) is 16.9. The molecule has 1 saturated heterocycles. The lowest BCUT2D eigenvalue weighted by atomic mass is 10.2. The lowest BCUT2D eigenvalue weighted by molar-refractivity contribution is 0.137. The molecular formula is C20H24BrFN4O3S. The second-order valence-electron chi connectivity index (χ2n) is 6.27. The van der Waals surface area contributed by atoms with Crippen molar-refractivity contribution >= 4 is 57.0 Å². The number of ether oxygens (including phenoxy) is 2. The number of rotatable bonds is 5. The van der Waals surface area contributed by atoms with Crippen molar-refractivity contribution in [2.75, 3.05) is 41.9 Å². The molecule has 2 heterocycles. The Balaban J connectivity index is 0.000000575. The van der Waals surface area contributed by atoms with E-state index in [1.807, 2.05) is 6.92 Å². The Morgan fingerprint density at radius 2 is 2.33 bits per heavy atom. The maximum absolute atomic E-state index is 14.5. The molecule has 1 fully saturated rings. The van der Waals surface area contributed by atoms with Crippen LogP contribution in [0.2, 0.25) is 0 Å². The van der Waals surface area contributed by atoms with Crippen molar-refractivity contribution in [3.8, 4) is 11.8 Å². The lowest BCUT2D eigenvalue weighted by Crippen LogP contribution is -2.35. The lowest BCUT2D eigenvalue weighted by Gasteiger charge is -2.24. The van der Waals surface area contributed by atoms with Gasteiger partial charge in [0, 0.05) is 13.0 Å². The van der Waals surface area contributed by atoms with E-state index in [9.17, 15) is 9.18 Å². The molecule has 0 aromatic heterocycles. The maximum Gasteiger partial charge on any atom is 0.414 e. The molecule has 1 N–H and O–H groups in total. The molecule has 0 aliphatic carbocycles. The fourth-order valence-electron chi connectivity index (χ4n) is 2.81. The number of amides is 1. The first-order chi connectivity index (χ1) is 14.5. The number of halogens is 2. The number of benzene rings is 1. The monoisotopic (exact) mass is 498 g/mol. The summed E-state index contributed by atoms with van der Waals surface area (Å²) in [6, 6.07) is 4.69. The molecule has 3 rings (SSSR count). The fourth-order valence-corrected chi connectivity index (χ4v) is 3.21. The summed E-state index contributed by atoms with van der Waals surface area (Å²) < 4.78 is 24.7. The summed E-state index contributed by atoms with van der Waals surface area (Å²) in [5.74, 6) is 5.08. The third kappa shape index (κ3) is 6.85. The van der Waals surface area contributed by atoms with Crippen molar-refractivity contribution < 1.29 is 18.7 Å². The third-order valence-electron chi connectivity index (χ3n) is 4.32. The van der Waals surface area contributed by atoms with Crippen molar-refractivity contribution in [1.82, 2.24) is 5.43 Å². The van der Waals surface area contributed by atoms with Crippen LogP contribution in [0.5, 0.6) is 0 Å². The summed E-state index contributed by atoms with van der Waals surface area (Å²) in [5.41, 5.74) is 3.70. The van der Waals surface area contributed by atoms with Gasteiger partial charge in [0.05, 0.1) is 36.9 Å². The smallest absolute Gasteiger partial charge is 0.414 e. The molecule has 1 amide bonds. The first-order valence-electron chi connectivity index (χ1n) is 9.33. The van der Waals surface area contributed by atoms with E-state index >= 15 is 0 Å². The summed E-state index contributed by atoms with van der Waals surface area (Å²) in [6.07, 6.45) is 1.88. The Morgan fingerprint density at radius 1 is 1.53 bits per heavy atom. The minimum atomic E-state index is -0.482. The number of carbonyl (C=O) groups is 1. The van der Waals surface area contributed by atoms with Gasteiger partial charge in [-0.3, -0.25) is 4.90 Å². The zero-order chi connectivity index (χ0) is 21.9. The number of nitrogens with zero attached hydrogens (tertiary/aromatic N) is 3. The highest BCUT2D eigenvalue weighted by Gasteiger charge is 2.32. The molecule has 30 heavy (non-hydrogen) atoms. The second-order valence-corrected chi connectivity index (χ2v) is 7.29. The molecule has 10 heteroatoms. The van der Waals surface area contributed by atoms with Crippen molar-refractivity contribution in [3.63, 3.8) is 0 Å². The van der Waals surface area contributed by atoms with Crippen LogP contribution < -0.4 is 15.2 Å². The van der Waals surface area contributed by atoms with Gasteiger partial charge in [-0.25, -0.2) is 9.18 Å². The number of hydrogen-bond donors (Lipinski definition) is 1. The summed E-state index contributed by atoms with van der Waals surface area (Å²) in [6.45, 7) is 3.44. The standard InChI is InChI=1S/C16H19FN4O3S.C4H5Br/c1-23-15(25)5-3-12-9-21(16(22)24-12)11-2-4-14(13(17)8-11)20-7-6-18-19-10-20;1-2-3-4-5/h2,4,8,10,12,18H,3,5-7,9H2,1H3;4H2,1H3/t12-;/m0./s1. The van der Waals surface area contributed by atoms with E-state index in [1.165, 1.54) is 18.1 Å². The molecule has 0 radical (unpaired) electrons. The van der Waals surface area contributed by atoms with Crippen LogP contribution in [0.1, 0.15) is 19.8 Å². The number of nitrogens with one attached hydrogen (secondary N) is 1. The highest BCUT2D eigenvalue weighted by Crippen LogP contribution is 2.28. The van der Waals surface area contributed by atoms with Gasteiger partial charge in [-0.1, -0.05) is 21.9 Å². The summed E-state index contributed by atoms with van der Waals surface area (Å²) in [5, 5.41) is 5.19. The van der Waals surface area contributed by atoms with E-state index in [0.717, 1.165) is 5.33 Å². The number of hydrogen-bond acceptors (Lipinski definition) is 7. The molecule has 1 atom stereocenters. The Morgan fingerprint density at radius 3 is 2.90 bits per heavy atom. The van der Waals surface area contributed by atoms with E-state index in [0.29, 0.717) is 48.9 Å². The van der Waals surface area contributed by atoms with Crippen LogP contribution >= 0.6 is 28.1 Å². The van der Waals surface area contributed by atoms with Crippen LogP contribution in [0.3, 0.4) is 0 Å². The number of carbonyl (C=O) groups excluding carboxylic acids is 1. The third-order valence-corrected chi connectivity index (χ3v) is 4.97. The number of methoxy groups -OCH3 is 1. The molecule has 1 aromatic carbocycles. The number of hydrazone groups is 1. The van der Waals surface area contributed by atoms with Crippen LogP contribution in [0.25, 0.3) is 0 Å². The maximum atomic E-state index is 14.5. The Labute approximate surface area is 189 Å². The van der Waals surface area contributed by atoms with Crippen LogP contribution in [-0.4, -0.2) is 55.7 Å². The molecule has 2 aliphatic heterocycles. The van der Waals surface area contributed by atoms with Gasteiger partial charge in [-0.15, -0.1) is 5.92 Å². The summed E-state index contributed by atoms with van der Waals surface area (Å²) in [7, 11) is 1.52. The average Bonchev–Trinajstić information content (AvgIpc) is 3.14.